The summed E-state index contributed by atoms with van der Waals surface area (Å²) in [4.78, 5) is 14.1. The number of benzene rings is 2. The molecule has 0 spiro atoms. The molecule has 1 heterocycles. The van der Waals surface area contributed by atoms with Crippen LogP contribution in [0, 0.1) is 11.3 Å². The van der Waals surface area contributed by atoms with Gasteiger partial charge in [-0.1, -0.05) is 18.2 Å². The molecule has 0 atom stereocenters. The number of carboxylic acids is 1. The average Bonchev–Trinajstić information content (AvgIpc) is 2.85. The maximum atomic E-state index is 10.8. The molecule has 0 aliphatic rings. The van der Waals surface area contributed by atoms with Gasteiger partial charge in [0, 0.05) is 33.7 Å². The quantitative estimate of drug-likeness (QED) is 0.506. The van der Waals surface area contributed by atoms with Crippen LogP contribution < -0.4 is 5.32 Å². The van der Waals surface area contributed by atoms with E-state index in [9.17, 15) is 4.79 Å². The van der Waals surface area contributed by atoms with E-state index in [2.05, 4.69) is 10.3 Å². The third-order valence-electron chi connectivity index (χ3n) is 3.24. The number of nitrogens with one attached hydrogen (secondary N) is 2. The minimum absolute atomic E-state index is 0.339. The van der Waals surface area contributed by atoms with Crippen LogP contribution in [0.5, 0.6) is 0 Å². The smallest absolute Gasteiger partial charge is 0.347 e. The predicted octanol–water partition coefficient (Wildman–Crippen LogP) is 3.23. The summed E-state index contributed by atoms with van der Waals surface area (Å²) in [5, 5.41) is 22.5. The van der Waals surface area contributed by atoms with Crippen molar-refractivity contribution in [3.63, 3.8) is 0 Å². The Morgan fingerprint density at radius 1 is 1.19 bits per heavy atom. The summed E-state index contributed by atoms with van der Waals surface area (Å²) in [6.07, 6.45) is 1.19. The number of anilines is 1. The van der Waals surface area contributed by atoms with Gasteiger partial charge in [0.15, 0.2) is 5.57 Å². The number of fused-ring (bicyclic) bond motifs is 3. The van der Waals surface area contributed by atoms with E-state index in [1.807, 2.05) is 42.5 Å². The second-order valence-corrected chi connectivity index (χ2v) is 4.55. The van der Waals surface area contributed by atoms with E-state index in [-0.39, 0.29) is 5.57 Å². The standard InChI is InChI=1S/C16H11N3O2/c17-8-10(16(20)21)9-18-11-5-6-15-13(7-11)12-3-1-2-4-14(12)19-15/h1-7,9,18-19H,(H,20,21)/b10-9+. The van der Waals surface area contributed by atoms with Crippen molar-refractivity contribution in [3.05, 3.63) is 54.2 Å². The van der Waals surface area contributed by atoms with Gasteiger partial charge in [0.1, 0.15) is 6.07 Å². The van der Waals surface area contributed by atoms with E-state index >= 15 is 0 Å². The number of aromatic amines is 1. The minimum Gasteiger partial charge on any atom is -0.477 e. The molecule has 5 heteroatoms. The molecular formula is C16H11N3O2. The lowest BCUT2D eigenvalue weighted by Gasteiger charge is -2.01. The third-order valence-corrected chi connectivity index (χ3v) is 3.24. The van der Waals surface area contributed by atoms with Crippen LogP contribution in [-0.4, -0.2) is 16.1 Å². The first-order valence-electron chi connectivity index (χ1n) is 6.29. The molecule has 3 aromatic rings. The van der Waals surface area contributed by atoms with Gasteiger partial charge in [0.05, 0.1) is 0 Å². The number of nitriles is 1. The number of hydrogen-bond acceptors (Lipinski definition) is 3. The molecule has 0 aliphatic carbocycles. The van der Waals surface area contributed by atoms with Crippen molar-refractivity contribution < 1.29 is 9.90 Å². The Morgan fingerprint density at radius 2 is 1.95 bits per heavy atom. The van der Waals surface area contributed by atoms with Crippen LogP contribution in [0.25, 0.3) is 21.8 Å². The van der Waals surface area contributed by atoms with Gasteiger partial charge in [-0.2, -0.15) is 5.26 Å². The maximum Gasteiger partial charge on any atom is 0.347 e. The van der Waals surface area contributed by atoms with Gasteiger partial charge in [0.25, 0.3) is 0 Å². The molecule has 2 aromatic carbocycles. The summed E-state index contributed by atoms with van der Waals surface area (Å²) in [6.45, 7) is 0. The molecule has 21 heavy (non-hydrogen) atoms. The fraction of sp³-hybridized carbons (Fsp3) is 0. The molecule has 3 rings (SSSR count). The molecule has 0 bridgehead atoms. The van der Waals surface area contributed by atoms with Gasteiger partial charge < -0.3 is 15.4 Å². The van der Waals surface area contributed by atoms with Crippen molar-refractivity contribution in [2.75, 3.05) is 5.32 Å². The van der Waals surface area contributed by atoms with E-state index in [0.717, 1.165) is 27.5 Å². The average molecular weight is 277 g/mol. The second-order valence-electron chi connectivity index (χ2n) is 4.55. The molecule has 102 valence electrons. The first-order valence-corrected chi connectivity index (χ1v) is 6.29. The Morgan fingerprint density at radius 3 is 2.71 bits per heavy atom. The summed E-state index contributed by atoms with van der Waals surface area (Å²) >= 11 is 0. The lowest BCUT2D eigenvalue weighted by atomic mass is 10.1. The molecule has 0 fully saturated rings. The van der Waals surface area contributed by atoms with Crippen molar-refractivity contribution in [1.82, 2.24) is 4.98 Å². The van der Waals surface area contributed by atoms with Crippen molar-refractivity contribution in [3.8, 4) is 6.07 Å². The molecule has 0 unspecified atom stereocenters. The van der Waals surface area contributed by atoms with Gasteiger partial charge in [-0.15, -0.1) is 0 Å². The van der Waals surface area contributed by atoms with E-state index in [4.69, 9.17) is 10.4 Å². The highest BCUT2D eigenvalue weighted by molar-refractivity contribution is 6.08. The number of nitrogens with zero attached hydrogens (tertiary/aromatic N) is 1. The van der Waals surface area contributed by atoms with Crippen molar-refractivity contribution in [1.29, 1.82) is 5.26 Å². The fourth-order valence-electron chi connectivity index (χ4n) is 2.24. The largest absolute Gasteiger partial charge is 0.477 e. The third kappa shape index (κ3) is 2.30. The Labute approximate surface area is 120 Å². The Kier molecular flexibility index (Phi) is 3.05. The lowest BCUT2D eigenvalue weighted by Crippen LogP contribution is -2.01. The van der Waals surface area contributed by atoms with Crippen LogP contribution in [0.2, 0.25) is 0 Å². The number of para-hydroxylation sites is 1. The first-order chi connectivity index (χ1) is 10.2. The Bertz CT molecular complexity index is 916. The highest BCUT2D eigenvalue weighted by Crippen LogP contribution is 2.27. The van der Waals surface area contributed by atoms with E-state index in [1.54, 1.807) is 6.07 Å². The summed E-state index contributed by atoms with van der Waals surface area (Å²) in [5.74, 6) is -1.25. The number of carbonyl (C=O) groups is 1. The number of hydrogen-bond donors (Lipinski definition) is 3. The van der Waals surface area contributed by atoms with E-state index < -0.39 is 5.97 Å². The number of aromatic nitrogens is 1. The number of carboxylic acid groups (broad SMARTS) is 1. The Hall–Kier alpha value is -3.26. The van der Waals surface area contributed by atoms with Crippen LogP contribution >= 0.6 is 0 Å². The number of aliphatic carboxylic acids is 1. The summed E-state index contributed by atoms with van der Waals surface area (Å²) < 4.78 is 0. The minimum atomic E-state index is -1.25. The zero-order valence-electron chi connectivity index (χ0n) is 10.9. The summed E-state index contributed by atoms with van der Waals surface area (Å²) in [5.41, 5.74) is 2.43. The predicted molar refractivity (Wildman–Crippen MR) is 80.8 cm³/mol. The molecule has 3 N–H and O–H groups in total. The summed E-state index contributed by atoms with van der Waals surface area (Å²) in [6, 6.07) is 15.2. The highest BCUT2D eigenvalue weighted by atomic mass is 16.4. The number of H-pyrrole nitrogens is 1. The molecule has 0 aliphatic heterocycles. The van der Waals surface area contributed by atoms with Crippen LogP contribution in [0.3, 0.4) is 0 Å². The van der Waals surface area contributed by atoms with Crippen molar-refractivity contribution >= 4 is 33.5 Å². The molecule has 1 aromatic heterocycles. The number of rotatable bonds is 3. The van der Waals surface area contributed by atoms with Crippen LogP contribution in [0.4, 0.5) is 5.69 Å². The van der Waals surface area contributed by atoms with Crippen LogP contribution in [-0.2, 0) is 4.79 Å². The topological polar surface area (TPSA) is 88.9 Å². The molecule has 5 nitrogen and oxygen atoms in total. The van der Waals surface area contributed by atoms with E-state index in [1.165, 1.54) is 6.20 Å². The fourth-order valence-corrected chi connectivity index (χ4v) is 2.24. The molecular weight excluding hydrogens is 266 g/mol. The van der Waals surface area contributed by atoms with Gasteiger partial charge in [-0.3, -0.25) is 0 Å². The lowest BCUT2D eigenvalue weighted by molar-refractivity contribution is -0.132. The molecule has 0 amide bonds. The molecule has 0 saturated heterocycles. The molecule has 0 saturated carbocycles. The summed E-state index contributed by atoms with van der Waals surface area (Å²) in [7, 11) is 0. The van der Waals surface area contributed by atoms with Crippen molar-refractivity contribution in [2.45, 2.75) is 0 Å². The monoisotopic (exact) mass is 277 g/mol. The molecule has 0 radical (unpaired) electrons. The normalized spacial score (nSPS) is 11.5. The zero-order chi connectivity index (χ0) is 14.8. The first kappa shape index (κ1) is 12.8. The highest BCUT2D eigenvalue weighted by Gasteiger charge is 2.06. The van der Waals surface area contributed by atoms with Crippen molar-refractivity contribution in [2.24, 2.45) is 0 Å². The van der Waals surface area contributed by atoms with Gasteiger partial charge >= 0.3 is 5.97 Å². The second kappa shape index (κ2) is 5.02. The van der Waals surface area contributed by atoms with Gasteiger partial charge in [0.2, 0.25) is 0 Å². The van der Waals surface area contributed by atoms with Gasteiger partial charge in [-0.05, 0) is 24.3 Å². The van der Waals surface area contributed by atoms with E-state index in [0.29, 0.717) is 0 Å². The van der Waals surface area contributed by atoms with Crippen LogP contribution in [0.15, 0.2) is 54.2 Å². The Balaban J connectivity index is 2.03. The zero-order valence-corrected chi connectivity index (χ0v) is 10.9. The van der Waals surface area contributed by atoms with Gasteiger partial charge in [-0.25, -0.2) is 4.79 Å². The van der Waals surface area contributed by atoms with Crippen LogP contribution in [0.1, 0.15) is 0 Å². The SMILES string of the molecule is N#C/C(=C\Nc1ccc2[nH]c3ccccc3c2c1)C(=O)O. The maximum absolute atomic E-state index is 10.8.